The van der Waals surface area contributed by atoms with Crippen LogP contribution in [0.4, 0.5) is 0 Å². The number of halogens is 2. The van der Waals surface area contributed by atoms with Crippen LogP contribution < -0.4 is 5.43 Å². The first-order valence-electron chi connectivity index (χ1n) is 9.27. The molecule has 3 heterocycles. The van der Waals surface area contributed by atoms with Crippen molar-refractivity contribution in [2.24, 2.45) is 5.10 Å². The van der Waals surface area contributed by atoms with Crippen LogP contribution in [0, 0.1) is 20.8 Å². The molecule has 0 saturated heterocycles. The van der Waals surface area contributed by atoms with E-state index in [1.165, 1.54) is 0 Å². The Morgan fingerprint density at radius 3 is 2.63 bits per heavy atom. The largest absolute Gasteiger partial charge is 0.318 e. The van der Waals surface area contributed by atoms with E-state index >= 15 is 0 Å². The molecule has 8 heteroatoms. The summed E-state index contributed by atoms with van der Waals surface area (Å²) in [6.45, 7) is 5.84. The summed E-state index contributed by atoms with van der Waals surface area (Å²) in [4.78, 5) is 17.2. The number of benzene rings is 1. The molecule has 1 amide bonds. The van der Waals surface area contributed by atoms with Gasteiger partial charge in [0.1, 0.15) is 11.3 Å². The fourth-order valence-corrected chi connectivity index (χ4v) is 3.99. The Labute approximate surface area is 187 Å². The quantitative estimate of drug-likeness (QED) is 0.318. The number of imidazole rings is 1. The zero-order valence-electron chi connectivity index (χ0n) is 16.6. The molecule has 0 spiro atoms. The summed E-state index contributed by atoms with van der Waals surface area (Å²) in [5.41, 5.74) is 8.43. The number of hydrogen-bond donors (Lipinski definition) is 1. The molecule has 0 unspecified atom stereocenters. The molecule has 0 bridgehead atoms. The first kappa shape index (κ1) is 20.4. The molecule has 0 fully saturated rings. The van der Waals surface area contributed by atoms with Crippen LogP contribution in [0.2, 0.25) is 5.02 Å². The average molecular weight is 485 g/mol. The Kier molecular flexibility index (Phi) is 5.49. The highest BCUT2D eigenvalue weighted by Crippen LogP contribution is 2.21. The summed E-state index contributed by atoms with van der Waals surface area (Å²) >= 11 is 9.43. The van der Waals surface area contributed by atoms with Crippen LogP contribution in [0.15, 0.2) is 58.2 Å². The molecule has 30 heavy (non-hydrogen) atoms. The Morgan fingerprint density at radius 1 is 1.17 bits per heavy atom. The van der Waals surface area contributed by atoms with Crippen LogP contribution in [0.25, 0.3) is 11.3 Å². The smallest absolute Gasteiger partial charge is 0.290 e. The summed E-state index contributed by atoms with van der Waals surface area (Å²) in [7, 11) is 0. The number of hydrazone groups is 1. The number of fused-ring (bicyclic) bond motifs is 1. The van der Waals surface area contributed by atoms with Crippen molar-refractivity contribution in [1.29, 1.82) is 0 Å². The third kappa shape index (κ3) is 3.78. The van der Waals surface area contributed by atoms with Crippen LogP contribution >= 0.6 is 27.5 Å². The van der Waals surface area contributed by atoms with E-state index in [2.05, 4.69) is 36.0 Å². The second-order valence-electron chi connectivity index (χ2n) is 6.96. The highest BCUT2D eigenvalue weighted by molar-refractivity contribution is 9.10. The number of amides is 1. The number of carbonyl (C=O) groups excluding carboxylic acids is 1. The SMILES string of the molecule is Cc1nc2ccc(Br)cn2c1C(=O)N/N=C\c1cc(C)n(-c2ccc(Cl)cc2)c1C. The van der Waals surface area contributed by atoms with Crippen LogP contribution in [0.5, 0.6) is 0 Å². The normalized spacial score (nSPS) is 11.5. The van der Waals surface area contributed by atoms with Gasteiger partial charge in [-0.3, -0.25) is 9.20 Å². The van der Waals surface area contributed by atoms with E-state index in [-0.39, 0.29) is 5.91 Å². The lowest BCUT2D eigenvalue weighted by molar-refractivity contribution is 0.0948. The molecule has 0 saturated carbocycles. The zero-order chi connectivity index (χ0) is 21.4. The molecule has 0 aliphatic rings. The number of hydrogen-bond acceptors (Lipinski definition) is 3. The van der Waals surface area contributed by atoms with E-state index in [0.717, 1.165) is 27.1 Å². The first-order valence-corrected chi connectivity index (χ1v) is 10.4. The highest BCUT2D eigenvalue weighted by Gasteiger charge is 2.16. The lowest BCUT2D eigenvalue weighted by atomic mass is 10.2. The fourth-order valence-electron chi connectivity index (χ4n) is 3.53. The predicted octanol–water partition coefficient (Wildman–Crippen LogP) is 5.23. The number of carbonyl (C=O) groups is 1. The molecular formula is C22H19BrClN5O. The van der Waals surface area contributed by atoms with Crippen molar-refractivity contribution in [2.75, 3.05) is 0 Å². The van der Waals surface area contributed by atoms with Gasteiger partial charge in [0.25, 0.3) is 5.91 Å². The van der Waals surface area contributed by atoms with Crippen LogP contribution in [-0.2, 0) is 0 Å². The average Bonchev–Trinajstić information content (AvgIpc) is 3.17. The van der Waals surface area contributed by atoms with Gasteiger partial charge in [0.05, 0.1) is 11.9 Å². The maximum atomic E-state index is 12.7. The molecule has 4 rings (SSSR count). The molecule has 1 N–H and O–H groups in total. The van der Waals surface area contributed by atoms with Gasteiger partial charge in [-0.2, -0.15) is 5.10 Å². The van der Waals surface area contributed by atoms with Gasteiger partial charge >= 0.3 is 0 Å². The topological polar surface area (TPSA) is 63.7 Å². The van der Waals surface area contributed by atoms with Gasteiger partial charge in [-0.1, -0.05) is 11.6 Å². The summed E-state index contributed by atoms with van der Waals surface area (Å²) in [6, 6.07) is 13.4. The van der Waals surface area contributed by atoms with Gasteiger partial charge in [-0.15, -0.1) is 0 Å². The van der Waals surface area contributed by atoms with Crippen molar-refractivity contribution in [3.8, 4) is 5.69 Å². The van der Waals surface area contributed by atoms with Gasteiger partial charge in [0.2, 0.25) is 0 Å². The van der Waals surface area contributed by atoms with E-state index in [9.17, 15) is 4.79 Å². The Balaban J connectivity index is 1.58. The van der Waals surface area contributed by atoms with Crippen molar-refractivity contribution in [3.05, 3.63) is 86.5 Å². The van der Waals surface area contributed by atoms with Gasteiger partial charge in [0.15, 0.2) is 0 Å². The Morgan fingerprint density at radius 2 is 1.90 bits per heavy atom. The summed E-state index contributed by atoms with van der Waals surface area (Å²) in [5, 5.41) is 4.87. The molecule has 6 nitrogen and oxygen atoms in total. The molecule has 152 valence electrons. The third-order valence-electron chi connectivity index (χ3n) is 4.90. The molecule has 0 aliphatic heterocycles. The van der Waals surface area contributed by atoms with Crippen molar-refractivity contribution < 1.29 is 4.79 Å². The van der Waals surface area contributed by atoms with Gasteiger partial charge in [-0.05, 0) is 79.2 Å². The third-order valence-corrected chi connectivity index (χ3v) is 5.62. The minimum absolute atomic E-state index is 0.319. The Bertz CT molecular complexity index is 1290. The fraction of sp³-hybridized carbons (Fsp3) is 0.136. The van der Waals surface area contributed by atoms with E-state index < -0.39 is 0 Å². The number of rotatable bonds is 4. The van der Waals surface area contributed by atoms with Crippen LogP contribution in [0.3, 0.4) is 0 Å². The van der Waals surface area contributed by atoms with E-state index in [1.54, 1.807) is 17.5 Å². The monoisotopic (exact) mass is 483 g/mol. The van der Waals surface area contributed by atoms with Crippen molar-refractivity contribution in [2.45, 2.75) is 20.8 Å². The summed E-state index contributed by atoms with van der Waals surface area (Å²) in [5.74, 6) is -0.319. The van der Waals surface area contributed by atoms with E-state index in [1.807, 2.05) is 62.5 Å². The minimum Gasteiger partial charge on any atom is -0.318 e. The molecule has 3 aromatic heterocycles. The number of nitrogens with zero attached hydrogens (tertiary/aromatic N) is 4. The van der Waals surface area contributed by atoms with Crippen LogP contribution in [-0.4, -0.2) is 26.1 Å². The highest BCUT2D eigenvalue weighted by atomic mass is 79.9. The summed E-state index contributed by atoms with van der Waals surface area (Å²) < 4.78 is 4.72. The zero-order valence-corrected chi connectivity index (χ0v) is 19.0. The molecule has 4 aromatic rings. The number of aryl methyl sites for hydroxylation is 2. The molecule has 0 aliphatic carbocycles. The summed E-state index contributed by atoms with van der Waals surface area (Å²) in [6.07, 6.45) is 3.47. The maximum absolute atomic E-state index is 12.7. The van der Waals surface area contributed by atoms with Gasteiger partial charge < -0.3 is 4.57 Å². The number of pyridine rings is 1. The van der Waals surface area contributed by atoms with Gasteiger partial charge in [0, 0.05) is 38.3 Å². The lowest BCUT2D eigenvalue weighted by Gasteiger charge is -2.09. The number of nitrogens with one attached hydrogen (secondary N) is 1. The van der Waals surface area contributed by atoms with Crippen molar-refractivity contribution in [3.63, 3.8) is 0 Å². The first-order chi connectivity index (χ1) is 14.3. The number of aromatic nitrogens is 3. The second kappa shape index (κ2) is 8.08. The molecule has 0 radical (unpaired) electrons. The maximum Gasteiger partial charge on any atom is 0.290 e. The van der Waals surface area contributed by atoms with Gasteiger partial charge in [-0.25, -0.2) is 10.4 Å². The molecular weight excluding hydrogens is 466 g/mol. The van der Waals surface area contributed by atoms with E-state index in [0.29, 0.717) is 22.1 Å². The molecule has 0 atom stereocenters. The van der Waals surface area contributed by atoms with E-state index in [4.69, 9.17) is 11.6 Å². The predicted molar refractivity (Wildman–Crippen MR) is 123 cm³/mol. The minimum atomic E-state index is -0.319. The standard InChI is InChI=1S/C22H19BrClN5O/c1-13-10-16(15(3)29(13)19-7-5-18(24)6-8-19)11-25-27-22(30)21-14(2)26-20-9-4-17(23)12-28(20)21/h4-12H,1-3H3,(H,27,30)/b25-11-. The lowest BCUT2D eigenvalue weighted by Crippen LogP contribution is -2.20. The van der Waals surface area contributed by atoms with Crippen molar-refractivity contribution >= 4 is 45.3 Å². The van der Waals surface area contributed by atoms with Crippen LogP contribution in [0.1, 0.15) is 33.1 Å². The second-order valence-corrected chi connectivity index (χ2v) is 8.31. The molecule has 1 aromatic carbocycles. The van der Waals surface area contributed by atoms with Crippen molar-refractivity contribution in [1.82, 2.24) is 19.4 Å². The Hall–Kier alpha value is -2.90.